The summed E-state index contributed by atoms with van der Waals surface area (Å²) < 4.78 is 7.98. The van der Waals surface area contributed by atoms with Crippen molar-refractivity contribution < 1.29 is 14.3 Å². The number of carbonyl (C=O) groups excluding carboxylic acids is 2. The second-order valence-corrected chi connectivity index (χ2v) is 8.21. The van der Waals surface area contributed by atoms with E-state index in [0.29, 0.717) is 18.1 Å². The Morgan fingerprint density at radius 3 is 2.71 bits per heavy atom. The fraction of sp³-hybridized carbons (Fsp3) is 0.333. The third-order valence-electron chi connectivity index (χ3n) is 5.29. The van der Waals surface area contributed by atoms with Gasteiger partial charge in [-0.1, -0.05) is 6.07 Å². The summed E-state index contributed by atoms with van der Waals surface area (Å²) in [5.41, 5.74) is 0.501. The van der Waals surface area contributed by atoms with Gasteiger partial charge in [-0.25, -0.2) is 9.48 Å². The van der Waals surface area contributed by atoms with Crippen LogP contribution in [0.1, 0.15) is 6.42 Å². The van der Waals surface area contributed by atoms with Crippen molar-refractivity contribution in [2.75, 3.05) is 25.1 Å². The second kappa shape index (κ2) is 8.76. The molecular weight excluding hydrogens is 418 g/mol. The van der Waals surface area contributed by atoms with Crippen molar-refractivity contribution in [2.24, 2.45) is 13.0 Å². The van der Waals surface area contributed by atoms with Crippen LogP contribution in [0.3, 0.4) is 0 Å². The Labute approximate surface area is 182 Å². The molecule has 3 aromatic rings. The van der Waals surface area contributed by atoms with E-state index in [-0.39, 0.29) is 37.0 Å². The molecule has 3 heterocycles. The molecule has 0 saturated carbocycles. The lowest BCUT2D eigenvalue weighted by molar-refractivity contribution is -0.126. The first-order valence-corrected chi connectivity index (χ1v) is 10.8. The number of thiophene rings is 1. The van der Waals surface area contributed by atoms with Gasteiger partial charge in [0, 0.05) is 32.2 Å². The molecule has 0 spiro atoms. The SMILES string of the molecule is COc1ccc(N2CC(C(=O)NCCn3nc(-c4cccs4)n(C)c3=O)CC2=O)cc1. The lowest BCUT2D eigenvalue weighted by Gasteiger charge is -2.17. The van der Waals surface area contributed by atoms with Crippen LogP contribution in [0.5, 0.6) is 5.75 Å². The van der Waals surface area contributed by atoms with Gasteiger partial charge in [-0.3, -0.25) is 14.2 Å². The molecule has 2 amide bonds. The fourth-order valence-corrected chi connectivity index (χ4v) is 4.32. The number of nitrogens with zero attached hydrogens (tertiary/aromatic N) is 4. The van der Waals surface area contributed by atoms with E-state index in [4.69, 9.17) is 4.74 Å². The van der Waals surface area contributed by atoms with Gasteiger partial charge < -0.3 is 15.0 Å². The number of rotatable bonds is 7. The fourth-order valence-electron chi connectivity index (χ4n) is 3.58. The van der Waals surface area contributed by atoms with Crippen LogP contribution in [0, 0.1) is 5.92 Å². The second-order valence-electron chi connectivity index (χ2n) is 7.26. The largest absolute Gasteiger partial charge is 0.497 e. The summed E-state index contributed by atoms with van der Waals surface area (Å²) in [4.78, 5) is 39.9. The Morgan fingerprint density at radius 1 is 1.26 bits per heavy atom. The molecule has 1 atom stereocenters. The summed E-state index contributed by atoms with van der Waals surface area (Å²) in [6, 6.07) is 11.0. The first kappa shape index (κ1) is 20.9. The molecule has 162 valence electrons. The molecule has 1 unspecified atom stereocenters. The minimum atomic E-state index is -0.434. The molecular formula is C21H23N5O4S. The van der Waals surface area contributed by atoms with Crippen LogP contribution in [-0.2, 0) is 23.2 Å². The third-order valence-corrected chi connectivity index (χ3v) is 6.15. The van der Waals surface area contributed by atoms with Crippen molar-refractivity contribution in [1.82, 2.24) is 19.7 Å². The molecule has 10 heteroatoms. The van der Waals surface area contributed by atoms with E-state index < -0.39 is 5.92 Å². The Kier molecular flexibility index (Phi) is 5.90. The summed E-state index contributed by atoms with van der Waals surface area (Å²) in [7, 11) is 3.26. The molecule has 1 saturated heterocycles. The normalized spacial score (nSPS) is 16.0. The van der Waals surface area contributed by atoms with Crippen molar-refractivity contribution in [3.63, 3.8) is 0 Å². The van der Waals surface area contributed by atoms with Gasteiger partial charge in [-0.15, -0.1) is 16.4 Å². The molecule has 1 aliphatic heterocycles. The van der Waals surface area contributed by atoms with Gasteiger partial charge in [0.15, 0.2) is 5.82 Å². The quantitative estimate of drug-likeness (QED) is 0.599. The van der Waals surface area contributed by atoms with Gasteiger partial charge in [0.2, 0.25) is 11.8 Å². The molecule has 1 N–H and O–H groups in total. The summed E-state index contributed by atoms with van der Waals surface area (Å²) in [6.45, 7) is 0.836. The summed E-state index contributed by atoms with van der Waals surface area (Å²) >= 11 is 1.51. The molecule has 2 aromatic heterocycles. The van der Waals surface area contributed by atoms with E-state index in [2.05, 4.69) is 10.4 Å². The summed E-state index contributed by atoms with van der Waals surface area (Å²) in [5, 5.41) is 9.14. The van der Waals surface area contributed by atoms with Crippen LogP contribution in [-0.4, -0.2) is 46.4 Å². The van der Waals surface area contributed by atoms with Crippen LogP contribution < -0.4 is 20.6 Å². The highest BCUT2D eigenvalue weighted by molar-refractivity contribution is 7.13. The predicted molar refractivity (Wildman–Crippen MR) is 117 cm³/mol. The number of benzene rings is 1. The lowest BCUT2D eigenvalue weighted by Crippen LogP contribution is -2.36. The number of hydrogen-bond donors (Lipinski definition) is 1. The highest BCUT2D eigenvalue weighted by Gasteiger charge is 2.35. The minimum absolute atomic E-state index is 0.0909. The summed E-state index contributed by atoms with van der Waals surface area (Å²) in [6.07, 6.45) is 0.157. The zero-order chi connectivity index (χ0) is 22.0. The Balaban J connectivity index is 1.34. The maximum Gasteiger partial charge on any atom is 0.346 e. The van der Waals surface area contributed by atoms with E-state index in [1.54, 1.807) is 43.3 Å². The monoisotopic (exact) mass is 441 g/mol. The van der Waals surface area contributed by atoms with Gasteiger partial charge >= 0.3 is 5.69 Å². The predicted octanol–water partition coefficient (Wildman–Crippen LogP) is 1.49. The van der Waals surface area contributed by atoms with Crippen LogP contribution in [0.25, 0.3) is 10.7 Å². The number of nitrogens with one attached hydrogen (secondary N) is 1. The van der Waals surface area contributed by atoms with Crippen molar-refractivity contribution in [3.05, 3.63) is 52.3 Å². The Morgan fingerprint density at radius 2 is 2.03 bits per heavy atom. The molecule has 1 fully saturated rings. The van der Waals surface area contributed by atoms with E-state index >= 15 is 0 Å². The highest BCUT2D eigenvalue weighted by atomic mass is 32.1. The van der Waals surface area contributed by atoms with E-state index in [9.17, 15) is 14.4 Å². The maximum absolute atomic E-state index is 12.6. The number of carbonyl (C=O) groups is 2. The zero-order valence-corrected chi connectivity index (χ0v) is 18.1. The molecule has 0 aliphatic carbocycles. The van der Waals surface area contributed by atoms with Gasteiger partial charge in [-0.05, 0) is 35.7 Å². The standard InChI is InChI=1S/C21H23N5O4S/c1-24-19(17-4-3-11-31-17)23-26(21(24)29)10-9-22-20(28)14-12-18(27)25(13-14)15-5-7-16(30-2)8-6-15/h3-8,11,14H,9-10,12-13H2,1-2H3,(H,22,28). The number of amides is 2. The number of ether oxygens (including phenoxy) is 1. The van der Waals surface area contributed by atoms with E-state index in [1.807, 2.05) is 17.5 Å². The molecule has 0 bridgehead atoms. The number of anilines is 1. The molecule has 1 aromatic carbocycles. The molecule has 31 heavy (non-hydrogen) atoms. The van der Waals surface area contributed by atoms with E-state index in [0.717, 1.165) is 10.6 Å². The van der Waals surface area contributed by atoms with Crippen molar-refractivity contribution in [1.29, 1.82) is 0 Å². The highest BCUT2D eigenvalue weighted by Crippen LogP contribution is 2.27. The average molecular weight is 442 g/mol. The summed E-state index contributed by atoms with van der Waals surface area (Å²) in [5.74, 6) is 0.579. The van der Waals surface area contributed by atoms with E-state index in [1.165, 1.54) is 20.6 Å². The maximum atomic E-state index is 12.6. The Hall–Kier alpha value is -3.40. The molecule has 4 rings (SSSR count). The van der Waals surface area contributed by atoms with Gasteiger partial charge in [0.25, 0.3) is 0 Å². The van der Waals surface area contributed by atoms with Crippen LogP contribution in [0.2, 0.25) is 0 Å². The molecule has 0 radical (unpaired) electrons. The molecule has 1 aliphatic rings. The number of aromatic nitrogens is 3. The van der Waals surface area contributed by atoms with Crippen molar-refractivity contribution in [2.45, 2.75) is 13.0 Å². The lowest BCUT2D eigenvalue weighted by atomic mass is 10.1. The first-order valence-electron chi connectivity index (χ1n) is 9.87. The topological polar surface area (TPSA) is 98.5 Å². The van der Waals surface area contributed by atoms with Crippen molar-refractivity contribution >= 4 is 28.8 Å². The van der Waals surface area contributed by atoms with Gasteiger partial charge in [-0.2, -0.15) is 0 Å². The minimum Gasteiger partial charge on any atom is -0.497 e. The number of methoxy groups -OCH3 is 1. The molecule has 9 nitrogen and oxygen atoms in total. The van der Waals surface area contributed by atoms with Crippen LogP contribution >= 0.6 is 11.3 Å². The van der Waals surface area contributed by atoms with Gasteiger partial charge in [0.1, 0.15) is 5.75 Å². The smallest absolute Gasteiger partial charge is 0.346 e. The zero-order valence-electron chi connectivity index (χ0n) is 17.3. The third kappa shape index (κ3) is 4.24. The first-order chi connectivity index (χ1) is 15.0. The average Bonchev–Trinajstić information content (AvgIpc) is 3.50. The Bertz CT molecular complexity index is 1130. The number of hydrogen-bond acceptors (Lipinski definition) is 6. The van der Waals surface area contributed by atoms with Crippen molar-refractivity contribution in [3.8, 4) is 16.5 Å². The van der Waals surface area contributed by atoms with Crippen LogP contribution in [0.4, 0.5) is 5.69 Å². The van der Waals surface area contributed by atoms with Crippen LogP contribution in [0.15, 0.2) is 46.6 Å². The van der Waals surface area contributed by atoms with Gasteiger partial charge in [0.05, 0.1) is 24.4 Å².